The monoisotopic (exact) mass is 384 g/mol. The minimum atomic E-state index is -1.22. The highest BCUT2D eigenvalue weighted by Crippen LogP contribution is 2.24. The molecule has 0 saturated carbocycles. The Kier molecular flexibility index (Phi) is 4.93. The first-order chi connectivity index (χ1) is 13.1. The van der Waals surface area contributed by atoms with E-state index in [1.54, 1.807) is 12.3 Å². The number of aliphatic carboxylic acids is 1. The lowest BCUT2D eigenvalue weighted by atomic mass is 10.1. The molecule has 3 aromatic heterocycles. The van der Waals surface area contributed by atoms with Crippen LogP contribution >= 0.6 is 0 Å². The Labute approximate surface area is 162 Å². The molecule has 3 rings (SSSR count). The van der Waals surface area contributed by atoms with Gasteiger partial charge < -0.3 is 10.4 Å². The molecule has 9 heteroatoms. The van der Waals surface area contributed by atoms with Crippen LogP contribution in [0.5, 0.6) is 0 Å². The largest absolute Gasteiger partial charge is 0.479 e. The summed E-state index contributed by atoms with van der Waals surface area (Å²) in [6, 6.07) is 1.88. The molecule has 0 radical (unpaired) electrons. The van der Waals surface area contributed by atoms with Crippen molar-refractivity contribution in [3.8, 4) is 0 Å². The van der Waals surface area contributed by atoms with Crippen molar-refractivity contribution in [1.29, 1.82) is 0 Å². The molecule has 0 aromatic carbocycles. The molecular formula is C19H24N6O3. The number of nitrogens with zero attached hydrogens (tertiary/aromatic N) is 5. The van der Waals surface area contributed by atoms with Crippen molar-refractivity contribution in [1.82, 2.24) is 24.5 Å². The Morgan fingerprint density at radius 2 is 2.00 bits per heavy atom. The van der Waals surface area contributed by atoms with Gasteiger partial charge >= 0.3 is 5.97 Å². The number of amides is 1. The molecule has 0 spiro atoms. The number of carbonyl (C=O) groups excluding carboxylic acids is 1. The first kappa shape index (κ1) is 19.5. The molecule has 1 unspecified atom stereocenters. The van der Waals surface area contributed by atoms with Crippen LogP contribution in [0.15, 0.2) is 24.7 Å². The summed E-state index contributed by atoms with van der Waals surface area (Å²) >= 11 is 0. The van der Waals surface area contributed by atoms with Crippen LogP contribution in [-0.2, 0) is 10.3 Å². The summed E-state index contributed by atoms with van der Waals surface area (Å²) in [5.41, 5.74) is 1.03. The van der Waals surface area contributed by atoms with Crippen molar-refractivity contribution in [2.45, 2.75) is 52.6 Å². The quantitative estimate of drug-likeness (QED) is 0.675. The zero-order valence-electron chi connectivity index (χ0n) is 16.6. The minimum absolute atomic E-state index is 0.166. The number of hydrogen-bond donors (Lipinski definition) is 2. The zero-order valence-corrected chi connectivity index (χ0v) is 16.6. The number of aryl methyl sites for hydroxylation is 1. The van der Waals surface area contributed by atoms with E-state index in [0.29, 0.717) is 28.0 Å². The summed E-state index contributed by atoms with van der Waals surface area (Å²) in [5.74, 6) is -1.34. The summed E-state index contributed by atoms with van der Waals surface area (Å²) in [7, 11) is 0. The fourth-order valence-electron chi connectivity index (χ4n) is 2.82. The lowest BCUT2D eigenvalue weighted by molar-refractivity contribution is -0.146. The molecule has 3 aromatic rings. The number of carboxylic acid groups (broad SMARTS) is 1. The molecular weight excluding hydrogens is 360 g/mol. The van der Waals surface area contributed by atoms with Gasteiger partial charge in [-0.2, -0.15) is 10.2 Å². The fourth-order valence-corrected chi connectivity index (χ4v) is 2.82. The number of nitrogens with one attached hydrogen (secondary N) is 1. The normalized spacial score (nSPS) is 12.9. The highest BCUT2D eigenvalue weighted by Gasteiger charge is 2.30. The number of fused-ring (bicyclic) bond motifs is 1. The molecule has 0 aliphatic rings. The van der Waals surface area contributed by atoms with Gasteiger partial charge in [0.05, 0.1) is 35.1 Å². The van der Waals surface area contributed by atoms with Gasteiger partial charge in [-0.15, -0.1) is 0 Å². The number of carboxylic acids is 1. The van der Waals surface area contributed by atoms with Crippen molar-refractivity contribution in [3.63, 3.8) is 0 Å². The van der Waals surface area contributed by atoms with Crippen molar-refractivity contribution in [3.05, 3.63) is 35.9 Å². The second-order valence-corrected chi connectivity index (χ2v) is 7.39. The van der Waals surface area contributed by atoms with E-state index in [2.05, 4.69) is 34.3 Å². The van der Waals surface area contributed by atoms with Crippen LogP contribution < -0.4 is 5.32 Å². The summed E-state index contributed by atoms with van der Waals surface area (Å²) in [6.07, 6.45) is 5.47. The predicted octanol–water partition coefficient (Wildman–Crippen LogP) is 2.98. The Balaban J connectivity index is 1.94. The van der Waals surface area contributed by atoms with Gasteiger partial charge in [0, 0.05) is 11.9 Å². The summed E-state index contributed by atoms with van der Waals surface area (Å²) in [4.78, 5) is 28.8. The van der Waals surface area contributed by atoms with Gasteiger partial charge in [0.15, 0.2) is 11.2 Å². The molecule has 28 heavy (non-hydrogen) atoms. The van der Waals surface area contributed by atoms with Gasteiger partial charge in [-0.25, -0.2) is 14.5 Å². The Bertz CT molecular complexity index is 1050. The first-order valence-electron chi connectivity index (χ1n) is 9.10. The maximum absolute atomic E-state index is 12.9. The number of aromatic nitrogens is 5. The molecule has 1 amide bonds. The second-order valence-electron chi connectivity index (χ2n) is 7.39. The van der Waals surface area contributed by atoms with Gasteiger partial charge in [-0.1, -0.05) is 6.92 Å². The number of pyridine rings is 1. The summed E-state index contributed by atoms with van der Waals surface area (Å²) in [6.45, 7) is 9.02. The topological polar surface area (TPSA) is 115 Å². The first-order valence-corrected chi connectivity index (χ1v) is 9.10. The Hall–Kier alpha value is -3.23. The van der Waals surface area contributed by atoms with Crippen molar-refractivity contribution in [2.24, 2.45) is 0 Å². The van der Waals surface area contributed by atoms with Crippen LogP contribution in [0.1, 0.15) is 56.2 Å². The lowest BCUT2D eigenvalue weighted by Gasteiger charge is -2.19. The molecule has 1 atom stereocenters. The van der Waals surface area contributed by atoms with Gasteiger partial charge in [0.25, 0.3) is 5.91 Å². The number of anilines is 1. The van der Waals surface area contributed by atoms with Crippen LogP contribution in [0.4, 0.5) is 5.69 Å². The number of rotatable bonds is 6. The van der Waals surface area contributed by atoms with Crippen LogP contribution in [0.2, 0.25) is 0 Å². The maximum atomic E-state index is 12.9. The van der Waals surface area contributed by atoms with Crippen molar-refractivity contribution < 1.29 is 14.7 Å². The van der Waals surface area contributed by atoms with E-state index in [1.165, 1.54) is 30.9 Å². The van der Waals surface area contributed by atoms with Crippen molar-refractivity contribution >= 4 is 28.6 Å². The van der Waals surface area contributed by atoms with Gasteiger partial charge in [0.2, 0.25) is 0 Å². The predicted molar refractivity (Wildman–Crippen MR) is 104 cm³/mol. The van der Waals surface area contributed by atoms with E-state index in [0.717, 1.165) is 6.42 Å². The average molecular weight is 384 g/mol. The van der Waals surface area contributed by atoms with Crippen LogP contribution in [-0.4, -0.2) is 41.5 Å². The molecule has 0 fully saturated rings. The molecule has 3 heterocycles. The molecule has 0 saturated heterocycles. The average Bonchev–Trinajstić information content (AvgIpc) is 3.27. The third-order valence-electron chi connectivity index (χ3n) is 4.88. The summed E-state index contributed by atoms with van der Waals surface area (Å²) < 4.78 is 3.13. The number of hydrogen-bond acceptors (Lipinski definition) is 5. The Morgan fingerprint density at radius 3 is 2.64 bits per heavy atom. The smallest absolute Gasteiger partial charge is 0.331 e. The zero-order chi connectivity index (χ0) is 20.6. The molecule has 148 valence electrons. The SMILES string of the molecule is CCC(C)n1ncc2c(C(=O)Nc3cnn(C(C)(C)C(=O)O)c3)cc(C)nc21. The van der Waals surface area contributed by atoms with Crippen LogP contribution in [0, 0.1) is 6.92 Å². The van der Waals surface area contributed by atoms with E-state index in [1.807, 2.05) is 11.6 Å². The highest BCUT2D eigenvalue weighted by molar-refractivity contribution is 6.11. The molecule has 0 aliphatic heterocycles. The maximum Gasteiger partial charge on any atom is 0.331 e. The second kappa shape index (κ2) is 7.06. The van der Waals surface area contributed by atoms with Gasteiger partial charge in [-0.3, -0.25) is 9.48 Å². The highest BCUT2D eigenvalue weighted by atomic mass is 16.4. The van der Waals surface area contributed by atoms with E-state index < -0.39 is 11.5 Å². The molecule has 9 nitrogen and oxygen atoms in total. The van der Waals surface area contributed by atoms with Crippen LogP contribution in [0.25, 0.3) is 11.0 Å². The minimum Gasteiger partial charge on any atom is -0.479 e. The third-order valence-corrected chi connectivity index (χ3v) is 4.88. The van der Waals surface area contributed by atoms with E-state index in [4.69, 9.17) is 0 Å². The Morgan fingerprint density at radius 1 is 1.29 bits per heavy atom. The fraction of sp³-hybridized carbons (Fsp3) is 0.421. The van der Waals surface area contributed by atoms with Gasteiger partial charge in [0.1, 0.15) is 0 Å². The lowest BCUT2D eigenvalue weighted by Crippen LogP contribution is -2.35. The van der Waals surface area contributed by atoms with E-state index in [-0.39, 0.29) is 11.9 Å². The standard InChI is InChI=1S/C19H24N6O3/c1-6-12(3)25-16-15(9-21-25)14(7-11(2)22-16)17(26)23-13-8-20-24(10-13)19(4,5)18(27)28/h7-10,12H,6H2,1-5H3,(H,23,26)(H,27,28). The number of carbonyl (C=O) groups is 2. The molecule has 0 aliphatic carbocycles. The third kappa shape index (κ3) is 3.35. The van der Waals surface area contributed by atoms with Crippen LogP contribution in [0.3, 0.4) is 0 Å². The van der Waals surface area contributed by atoms with Crippen molar-refractivity contribution in [2.75, 3.05) is 5.32 Å². The van der Waals surface area contributed by atoms with E-state index in [9.17, 15) is 14.7 Å². The summed E-state index contributed by atoms with van der Waals surface area (Å²) in [5, 5.41) is 21.2. The van der Waals surface area contributed by atoms with E-state index >= 15 is 0 Å². The van der Waals surface area contributed by atoms with Gasteiger partial charge in [-0.05, 0) is 40.2 Å². The molecule has 0 bridgehead atoms. The molecule has 2 N–H and O–H groups in total.